The number of benzene rings is 2. The zero-order valence-corrected chi connectivity index (χ0v) is 31.0. The van der Waals surface area contributed by atoms with Crippen LogP contribution in [0.15, 0.2) is 48.8 Å². The van der Waals surface area contributed by atoms with Crippen LogP contribution >= 0.6 is 11.6 Å². The Morgan fingerprint density at radius 1 is 0.893 bits per heavy atom. The number of nitrogens with one attached hydrogen (secondary N) is 2. The Balaban J connectivity index is 0.828. The standard InChI is InChI=1S/C39H38ClF3N8O5/c40-35-27(20-45-36-34(35)23(19-44-36)16-31(42)43)22-3-1-4-24(15-22)50-14-11-48(21-33(50)53)8-2-7-47-9-12-49(13-10-47)30-18-26-25(17-28(30)41)38(55)51(39(26)56)29-5-6-32(52)46-37(29)54/h1,3-4,15,17-20,29,31H,2,5-14,16,21H2,(H,44,45)(H,46,52,54). The molecular weight excluding hydrogens is 753 g/mol. The number of alkyl halides is 2. The molecule has 0 spiro atoms. The van der Waals surface area contributed by atoms with Gasteiger partial charge in [-0.3, -0.25) is 44.0 Å². The third-order valence-corrected chi connectivity index (χ3v) is 11.4. The molecule has 0 radical (unpaired) electrons. The first kappa shape index (κ1) is 37.6. The van der Waals surface area contributed by atoms with Crippen molar-refractivity contribution in [3.05, 3.63) is 76.3 Å². The average molecular weight is 791 g/mol. The fourth-order valence-corrected chi connectivity index (χ4v) is 8.50. The number of H-pyrrole nitrogens is 1. The lowest BCUT2D eigenvalue weighted by molar-refractivity contribution is -0.136. The molecule has 4 aliphatic rings. The van der Waals surface area contributed by atoms with Crippen molar-refractivity contribution in [1.82, 2.24) is 30.0 Å². The molecule has 4 aromatic rings. The van der Waals surface area contributed by atoms with Crippen molar-refractivity contribution in [2.45, 2.75) is 38.2 Å². The Labute approximate surface area is 324 Å². The maximum Gasteiger partial charge on any atom is 0.262 e. The number of anilines is 2. The largest absolute Gasteiger partial charge is 0.367 e. The summed E-state index contributed by atoms with van der Waals surface area (Å²) in [6.45, 7) is 5.24. The second-order valence-corrected chi connectivity index (χ2v) is 14.8. The van der Waals surface area contributed by atoms with Gasteiger partial charge in [0.25, 0.3) is 11.8 Å². The van der Waals surface area contributed by atoms with Crippen LogP contribution in [0.3, 0.4) is 0 Å². The van der Waals surface area contributed by atoms with Gasteiger partial charge >= 0.3 is 0 Å². The minimum absolute atomic E-state index is 0.000901. The number of aromatic amines is 1. The topological polar surface area (TPSA) is 142 Å². The summed E-state index contributed by atoms with van der Waals surface area (Å²) in [4.78, 5) is 79.8. The third-order valence-electron chi connectivity index (χ3n) is 11.0. The Bertz CT molecular complexity index is 2260. The molecule has 2 N–H and O–H groups in total. The van der Waals surface area contributed by atoms with Crippen LogP contribution in [0.4, 0.5) is 24.5 Å². The molecule has 3 fully saturated rings. The number of pyridine rings is 1. The second-order valence-electron chi connectivity index (χ2n) is 14.5. The summed E-state index contributed by atoms with van der Waals surface area (Å²) in [7, 11) is 0. The minimum atomic E-state index is -2.53. The molecule has 56 heavy (non-hydrogen) atoms. The number of imide groups is 2. The van der Waals surface area contributed by atoms with Crippen molar-refractivity contribution in [1.29, 1.82) is 0 Å². The highest BCUT2D eigenvalue weighted by Crippen LogP contribution is 2.37. The highest BCUT2D eigenvalue weighted by molar-refractivity contribution is 6.38. The van der Waals surface area contributed by atoms with Gasteiger partial charge in [0.2, 0.25) is 24.1 Å². The molecule has 5 amide bonds. The van der Waals surface area contributed by atoms with Crippen LogP contribution in [0.5, 0.6) is 0 Å². The quantitative estimate of drug-likeness (QED) is 0.227. The van der Waals surface area contributed by atoms with Gasteiger partial charge in [0.05, 0.1) is 28.4 Å². The molecule has 2 aromatic heterocycles. The number of piperidine rings is 1. The number of fused-ring (bicyclic) bond motifs is 2. The van der Waals surface area contributed by atoms with Crippen LogP contribution in [0.2, 0.25) is 5.02 Å². The minimum Gasteiger partial charge on any atom is -0.367 e. The fourth-order valence-electron chi connectivity index (χ4n) is 8.13. The first-order valence-corrected chi connectivity index (χ1v) is 18.9. The fraction of sp³-hybridized carbons (Fsp3) is 0.385. The summed E-state index contributed by atoms with van der Waals surface area (Å²) in [5.74, 6) is -3.27. The van der Waals surface area contributed by atoms with Gasteiger partial charge in [-0.15, -0.1) is 0 Å². The van der Waals surface area contributed by atoms with E-state index in [1.807, 2.05) is 29.2 Å². The molecule has 0 saturated carbocycles. The van der Waals surface area contributed by atoms with Crippen LogP contribution in [0.1, 0.15) is 45.5 Å². The number of piperazine rings is 2. The van der Waals surface area contributed by atoms with Crippen molar-refractivity contribution in [2.24, 2.45) is 0 Å². The molecule has 13 nitrogen and oxygen atoms in total. The molecule has 4 aliphatic heterocycles. The normalized spacial score (nSPS) is 19.8. The summed E-state index contributed by atoms with van der Waals surface area (Å²) in [5, 5.41) is 2.95. The van der Waals surface area contributed by atoms with E-state index in [1.165, 1.54) is 12.3 Å². The monoisotopic (exact) mass is 790 g/mol. The number of amides is 5. The van der Waals surface area contributed by atoms with E-state index >= 15 is 4.39 Å². The molecule has 8 rings (SSSR count). The molecule has 1 atom stereocenters. The number of halogens is 4. The number of carbonyl (C=O) groups excluding carboxylic acids is 5. The summed E-state index contributed by atoms with van der Waals surface area (Å²) in [6, 6.07) is 8.74. The van der Waals surface area contributed by atoms with Crippen LogP contribution in [-0.2, 0) is 20.8 Å². The highest BCUT2D eigenvalue weighted by Gasteiger charge is 2.45. The Kier molecular flexibility index (Phi) is 10.3. The molecule has 17 heteroatoms. The van der Waals surface area contributed by atoms with E-state index in [2.05, 4.69) is 25.1 Å². The molecule has 0 aliphatic carbocycles. The van der Waals surface area contributed by atoms with E-state index in [-0.39, 0.29) is 42.1 Å². The first-order chi connectivity index (χ1) is 27.0. The number of rotatable bonds is 10. The summed E-state index contributed by atoms with van der Waals surface area (Å²) < 4.78 is 41.7. The molecule has 6 heterocycles. The number of aromatic nitrogens is 2. The van der Waals surface area contributed by atoms with Crippen molar-refractivity contribution in [3.63, 3.8) is 0 Å². The average Bonchev–Trinajstić information content (AvgIpc) is 3.68. The van der Waals surface area contributed by atoms with Gasteiger partial charge in [-0.2, -0.15) is 0 Å². The van der Waals surface area contributed by atoms with Crippen LogP contribution in [0, 0.1) is 5.82 Å². The van der Waals surface area contributed by atoms with E-state index in [4.69, 9.17) is 11.6 Å². The third kappa shape index (κ3) is 7.12. The van der Waals surface area contributed by atoms with Crippen molar-refractivity contribution in [2.75, 3.05) is 68.7 Å². The lowest BCUT2D eigenvalue weighted by Crippen LogP contribution is -2.54. The van der Waals surface area contributed by atoms with Crippen LogP contribution < -0.4 is 15.1 Å². The molecule has 3 saturated heterocycles. The SMILES string of the molecule is O=C1CCC(N2C(=O)c3cc(F)c(N4CCN(CCCN5CCN(c6cccc(-c7cnc8[nH]cc(CC(F)F)c8c7Cl)c6)C(=O)C5)CC4)cc3C2=O)C(=O)N1. The summed E-state index contributed by atoms with van der Waals surface area (Å²) in [5.41, 5.74) is 3.02. The van der Waals surface area contributed by atoms with E-state index in [0.29, 0.717) is 72.1 Å². The summed E-state index contributed by atoms with van der Waals surface area (Å²) >= 11 is 6.75. The smallest absolute Gasteiger partial charge is 0.262 e. The molecule has 292 valence electrons. The van der Waals surface area contributed by atoms with Gasteiger partial charge < -0.3 is 14.8 Å². The number of hydrogen-bond donors (Lipinski definition) is 2. The highest BCUT2D eigenvalue weighted by atomic mass is 35.5. The number of carbonyl (C=O) groups is 5. The number of nitrogens with zero attached hydrogens (tertiary/aromatic N) is 6. The van der Waals surface area contributed by atoms with E-state index in [9.17, 15) is 32.8 Å². The van der Waals surface area contributed by atoms with Gasteiger partial charge in [-0.25, -0.2) is 18.2 Å². The Hall–Kier alpha value is -5.32. The van der Waals surface area contributed by atoms with Crippen LogP contribution in [-0.4, -0.2) is 126 Å². The maximum atomic E-state index is 15.4. The molecular formula is C39H38ClF3N8O5. The van der Waals surface area contributed by atoms with Gasteiger partial charge in [0.15, 0.2) is 0 Å². The second kappa shape index (κ2) is 15.3. The lowest BCUT2D eigenvalue weighted by Gasteiger charge is -2.37. The predicted molar refractivity (Wildman–Crippen MR) is 201 cm³/mol. The van der Waals surface area contributed by atoms with E-state index in [0.717, 1.165) is 36.0 Å². The maximum absolute atomic E-state index is 15.4. The molecule has 1 unspecified atom stereocenters. The van der Waals surface area contributed by atoms with Gasteiger partial charge in [-0.1, -0.05) is 23.7 Å². The zero-order chi connectivity index (χ0) is 39.2. The first-order valence-electron chi connectivity index (χ1n) is 18.5. The van der Waals surface area contributed by atoms with Crippen molar-refractivity contribution in [3.8, 4) is 11.1 Å². The lowest BCUT2D eigenvalue weighted by atomic mass is 10.0. The van der Waals surface area contributed by atoms with Gasteiger partial charge in [0.1, 0.15) is 17.5 Å². The Morgan fingerprint density at radius 2 is 1.62 bits per heavy atom. The van der Waals surface area contributed by atoms with E-state index in [1.54, 1.807) is 11.1 Å². The zero-order valence-electron chi connectivity index (χ0n) is 30.2. The van der Waals surface area contributed by atoms with Gasteiger partial charge in [-0.05, 0) is 61.3 Å². The van der Waals surface area contributed by atoms with E-state index < -0.39 is 48.3 Å². The number of hydrogen-bond acceptors (Lipinski definition) is 9. The molecule has 0 bridgehead atoms. The Morgan fingerprint density at radius 3 is 2.36 bits per heavy atom. The van der Waals surface area contributed by atoms with Crippen molar-refractivity contribution >= 4 is 63.5 Å². The van der Waals surface area contributed by atoms with Crippen LogP contribution in [0.25, 0.3) is 22.2 Å². The summed E-state index contributed by atoms with van der Waals surface area (Å²) in [6.07, 6.45) is 0.983. The van der Waals surface area contributed by atoms with Crippen molar-refractivity contribution < 1.29 is 37.1 Å². The predicted octanol–water partition coefficient (Wildman–Crippen LogP) is 4.09. The molecule has 2 aromatic carbocycles. The van der Waals surface area contributed by atoms with Gasteiger partial charge in [0, 0.05) is 81.1 Å².